The number of rotatable bonds is 8. The lowest BCUT2D eigenvalue weighted by atomic mass is 9.83. The fourth-order valence-electron chi connectivity index (χ4n) is 2.85. The Bertz CT molecular complexity index is 200. The molecule has 1 aliphatic carbocycles. The number of hydrogen-bond acceptors (Lipinski definition) is 1. The van der Waals surface area contributed by atoms with Crippen LogP contribution < -0.4 is 0 Å². The Morgan fingerprint density at radius 3 is 2.67 bits per heavy atom. The fourth-order valence-corrected chi connectivity index (χ4v) is 2.85. The first-order valence-electron chi connectivity index (χ1n) is 6.44. The third kappa shape index (κ3) is 2.84. The van der Waals surface area contributed by atoms with Crippen molar-refractivity contribution in [3.63, 3.8) is 0 Å². The van der Waals surface area contributed by atoms with Gasteiger partial charge in [0.05, 0.1) is 0 Å². The molecule has 15 heavy (non-hydrogen) atoms. The quantitative estimate of drug-likeness (QED) is 0.477. The van der Waals surface area contributed by atoms with Crippen LogP contribution in [0.25, 0.3) is 0 Å². The smallest absolute Gasteiger partial charge is 0.0465 e. The van der Waals surface area contributed by atoms with E-state index >= 15 is 0 Å². The third-order valence-electron chi connectivity index (χ3n) is 4.26. The SMILES string of the molecule is C=CC(C)[C@]1(CCCCCC)C[C@@H]1CO. The summed E-state index contributed by atoms with van der Waals surface area (Å²) in [4.78, 5) is 0. The van der Waals surface area contributed by atoms with Crippen molar-refractivity contribution in [2.24, 2.45) is 17.3 Å². The van der Waals surface area contributed by atoms with Gasteiger partial charge in [-0.25, -0.2) is 0 Å². The Morgan fingerprint density at radius 2 is 2.20 bits per heavy atom. The normalized spacial score (nSPS) is 31.3. The molecule has 88 valence electrons. The second kappa shape index (κ2) is 5.69. The summed E-state index contributed by atoms with van der Waals surface area (Å²) in [6.45, 7) is 8.76. The lowest BCUT2D eigenvalue weighted by molar-refractivity contribution is 0.221. The summed E-state index contributed by atoms with van der Waals surface area (Å²) in [5.41, 5.74) is 0.407. The maximum atomic E-state index is 9.25. The summed E-state index contributed by atoms with van der Waals surface area (Å²) in [5, 5.41) is 9.25. The van der Waals surface area contributed by atoms with Crippen molar-refractivity contribution in [2.75, 3.05) is 6.61 Å². The number of aliphatic hydroxyl groups excluding tert-OH is 1. The molecule has 0 bridgehead atoms. The predicted molar refractivity (Wildman–Crippen MR) is 65.7 cm³/mol. The highest BCUT2D eigenvalue weighted by atomic mass is 16.3. The first-order chi connectivity index (χ1) is 7.21. The minimum atomic E-state index is 0.367. The van der Waals surface area contributed by atoms with Gasteiger partial charge in [0.2, 0.25) is 0 Å². The Morgan fingerprint density at radius 1 is 1.47 bits per heavy atom. The molecule has 1 heteroatoms. The standard InChI is InChI=1S/C14H26O/c1-4-6-7-8-9-14(12(3)5-2)10-13(14)11-15/h5,12-13,15H,2,4,6-11H2,1,3H3/t12?,13-,14+/m1/s1. The first kappa shape index (κ1) is 12.8. The van der Waals surface area contributed by atoms with Gasteiger partial charge in [-0.2, -0.15) is 0 Å². The Balaban J connectivity index is 2.36. The van der Waals surface area contributed by atoms with Crippen molar-refractivity contribution in [1.29, 1.82) is 0 Å². The van der Waals surface area contributed by atoms with E-state index in [0.717, 1.165) is 0 Å². The summed E-state index contributed by atoms with van der Waals surface area (Å²) in [5.74, 6) is 1.11. The van der Waals surface area contributed by atoms with Gasteiger partial charge in [-0.05, 0) is 30.1 Å². The zero-order chi connectivity index (χ0) is 11.3. The Kier molecular flexibility index (Phi) is 4.85. The molecule has 0 heterocycles. The zero-order valence-corrected chi connectivity index (χ0v) is 10.3. The average Bonchev–Trinajstić information content (AvgIpc) is 2.98. The van der Waals surface area contributed by atoms with E-state index in [9.17, 15) is 5.11 Å². The van der Waals surface area contributed by atoms with E-state index in [1.54, 1.807) is 0 Å². The molecule has 0 spiro atoms. The van der Waals surface area contributed by atoms with Crippen molar-refractivity contribution >= 4 is 0 Å². The molecule has 0 aromatic carbocycles. The summed E-state index contributed by atoms with van der Waals surface area (Å²) >= 11 is 0. The maximum Gasteiger partial charge on any atom is 0.0465 e. The molecular weight excluding hydrogens is 184 g/mol. The maximum absolute atomic E-state index is 9.25. The summed E-state index contributed by atoms with van der Waals surface area (Å²) in [6, 6.07) is 0. The van der Waals surface area contributed by atoms with E-state index in [2.05, 4.69) is 26.5 Å². The van der Waals surface area contributed by atoms with Gasteiger partial charge >= 0.3 is 0 Å². The van der Waals surface area contributed by atoms with Gasteiger partial charge in [-0.1, -0.05) is 45.6 Å². The highest BCUT2D eigenvalue weighted by molar-refractivity contribution is 5.08. The molecule has 0 aliphatic heterocycles. The second-order valence-corrected chi connectivity index (χ2v) is 5.15. The van der Waals surface area contributed by atoms with Crippen LogP contribution in [-0.2, 0) is 0 Å². The highest BCUT2D eigenvalue weighted by Gasteiger charge is 2.54. The van der Waals surface area contributed by atoms with Gasteiger partial charge in [0, 0.05) is 6.61 Å². The van der Waals surface area contributed by atoms with Crippen LogP contribution in [0.5, 0.6) is 0 Å². The van der Waals surface area contributed by atoms with Crippen LogP contribution in [0, 0.1) is 17.3 Å². The van der Waals surface area contributed by atoms with Crippen LogP contribution in [0.3, 0.4) is 0 Å². The number of aliphatic hydroxyl groups is 1. The summed E-state index contributed by atoms with van der Waals surface area (Å²) in [6.07, 6.45) is 9.88. The van der Waals surface area contributed by atoms with Gasteiger partial charge in [0.25, 0.3) is 0 Å². The van der Waals surface area contributed by atoms with Crippen molar-refractivity contribution < 1.29 is 5.11 Å². The highest BCUT2D eigenvalue weighted by Crippen LogP contribution is 2.61. The van der Waals surface area contributed by atoms with Crippen molar-refractivity contribution in [2.45, 2.75) is 52.4 Å². The molecule has 1 unspecified atom stereocenters. The van der Waals surface area contributed by atoms with E-state index in [1.807, 2.05) is 0 Å². The van der Waals surface area contributed by atoms with Crippen LogP contribution in [-0.4, -0.2) is 11.7 Å². The molecule has 0 saturated heterocycles. The Hall–Kier alpha value is -0.300. The number of unbranched alkanes of at least 4 members (excludes halogenated alkanes) is 3. The van der Waals surface area contributed by atoms with Gasteiger partial charge in [-0.15, -0.1) is 6.58 Å². The summed E-state index contributed by atoms with van der Waals surface area (Å²) in [7, 11) is 0. The van der Waals surface area contributed by atoms with E-state index in [0.29, 0.717) is 23.9 Å². The monoisotopic (exact) mass is 210 g/mol. The molecule has 1 fully saturated rings. The molecule has 0 radical (unpaired) electrons. The average molecular weight is 210 g/mol. The van der Waals surface area contributed by atoms with Gasteiger partial charge in [0.1, 0.15) is 0 Å². The van der Waals surface area contributed by atoms with Gasteiger partial charge in [-0.3, -0.25) is 0 Å². The molecule has 1 N–H and O–H groups in total. The van der Waals surface area contributed by atoms with E-state index in [4.69, 9.17) is 0 Å². The first-order valence-corrected chi connectivity index (χ1v) is 6.44. The molecule has 1 aliphatic rings. The molecule has 0 aromatic rings. The molecule has 1 rings (SSSR count). The number of allylic oxidation sites excluding steroid dienone is 1. The van der Waals surface area contributed by atoms with Crippen molar-refractivity contribution in [1.82, 2.24) is 0 Å². The van der Waals surface area contributed by atoms with Crippen LogP contribution in [0.2, 0.25) is 0 Å². The minimum Gasteiger partial charge on any atom is -0.396 e. The largest absolute Gasteiger partial charge is 0.396 e. The van der Waals surface area contributed by atoms with Gasteiger partial charge in [0.15, 0.2) is 0 Å². The number of hydrogen-bond donors (Lipinski definition) is 1. The Labute approximate surface area is 94.6 Å². The van der Waals surface area contributed by atoms with Crippen LogP contribution >= 0.6 is 0 Å². The molecule has 0 amide bonds. The lowest BCUT2D eigenvalue weighted by Gasteiger charge is -2.22. The fraction of sp³-hybridized carbons (Fsp3) is 0.857. The van der Waals surface area contributed by atoms with E-state index in [1.165, 1.54) is 38.5 Å². The van der Waals surface area contributed by atoms with Crippen LogP contribution in [0.4, 0.5) is 0 Å². The van der Waals surface area contributed by atoms with Crippen molar-refractivity contribution in [3.05, 3.63) is 12.7 Å². The molecule has 0 aromatic heterocycles. The lowest BCUT2D eigenvalue weighted by Crippen LogP contribution is -2.15. The second-order valence-electron chi connectivity index (χ2n) is 5.15. The minimum absolute atomic E-state index is 0.367. The summed E-state index contributed by atoms with van der Waals surface area (Å²) < 4.78 is 0. The molecule has 1 nitrogen and oxygen atoms in total. The zero-order valence-electron chi connectivity index (χ0n) is 10.3. The molecular formula is C14H26O. The van der Waals surface area contributed by atoms with Crippen LogP contribution in [0.1, 0.15) is 52.4 Å². The van der Waals surface area contributed by atoms with Crippen molar-refractivity contribution in [3.8, 4) is 0 Å². The topological polar surface area (TPSA) is 20.2 Å². The van der Waals surface area contributed by atoms with Gasteiger partial charge < -0.3 is 5.11 Å². The van der Waals surface area contributed by atoms with E-state index < -0.39 is 0 Å². The molecule has 1 saturated carbocycles. The molecule has 3 atom stereocenters. The van der Waals surface area contributed by atoms with Crippen LogP contribution in [0.15, 0.2) is 12.7 Å². The predicted octanol–water partition coefficient (Wildman–Crippen LogP) is 3.78. The third-order valence-corrected chi connectivity index (χ3v) is 4.26. The van der Waals surface area contributed by atoms with E-state index in [-0.39, 0.29) is 0 Å².